The van der Waals surface area contributed by atoms with Gasteiger partial charge >= 0.3 is 0 Å². The zero-order valence-electron chi connectivity index (χ0n) is 10.1. The number of hydrogen-bond donors (Lipinski definition) is 0. The molecule has 2 rings (SSSR count). The molecule has 1 saturated heterocycles. The quantitative estimate of drug-likeness (QED) is 0.750. The molecule has 1 fully saturated rings. The Bertz CT molecular complexity index is 405. The highest BCUT2D eigenvalue weighted by molar-refractivity contribution is 6.29. The lowest BCUT2D eigenvalue weighted by Crippen LogP contribution is -2.34. The molecule has 0 bridgehead atoms. The van der Waals surface area contributed by atoms with Crippen molar-refractivity contribution in [2.75, 3.05) is 27.2 Å². The van der Waals surface area contributed by atoms with E-state index in [9.17, 15) is 4.79 Å². The van der Waals surface area contributed by atoms with E-state index in [0.717, 1.165) is 19.5 Å². The molecule has 1 amide bonds. The molecular formula is C12H16ClN3O. The summed E-state index contributed by atoms with van der Waals surface area (Å²) < 4.78 is 0. The summed E-state index contributed by atoms with van der Waals surface area (Å²) in [6.07, 6.45) is 2.56. The molecule has 0 aromatic carbocycles. The molecule has 1 atom stereocenters. The third-order valence-corrected chi connectivity index (χ3v) is 3.38. The van der Waals surface area contributed by atoms with Crippen LogP contribution in [0.4, 0.5) is 0 Å². The highest BCUT2D eigenvalue weighted by Crippen LogP contribution is 2.16. The molecule has 1 aliphatic heterocycles. The van der Waals surface area contributed by atoms with Crippen LogP contribution in [0.25, 0.3) is 0 Å². The lowest BCUT2D eigenvalue weighted by Gasteiger charge is -2.20. The molecule has 5 heteroatoms. The van der Waals surface area contributed by atoms with E-state index in [1.165, 1.54) is 6.20 Å². The monoisotopic (exact) mass is 253 g/mol. The smallest absolute Gasteiger partial charge is 0.255 e. The molecule has 1 aromatic heterocycles. The van der Waals surface area contributed by atoms with Crippen LogP contribution in [-0.4, -0.2) is 53.9 Å². The van der Waals surface area contributed by atoms with Crippen molar-refractivity contribution in [3.05, 3.63) is 29.0 Å². The fraction of sp³-hybridized carbons (Fsp3) is 0.500. The standard InChI is InChI=1S/C12H16ClN3O/c1-15(2)10-5-6-16(8-10)12(17)9-3-4-11(13)14-7-9/h3-4,7,10H,5-6,8H2,1-2H3. The van der Waals surface area contributed by atoms with Gasteiger partial charge < -0.3 is 9.80 Å². The summed E-state index contributed by atoms with van der Waals surface area (Å²) >= 11 is 5.70. The van der Waals surface area contributed by atoms with Gasteiger partial charge in [-0.15, -0.1) is 0 Å². The van der Waals surface area contributed by atoms with Crippen molar-refractivity contribution in [3.63, 3.8) is 0 Å². The molecule has 17 heavy (non-hydrogen) atoms. The molecule has 1 unspecified atom stereocenters. The molecule has 1 aliphatic rings. The number of hydrogen-bond acceptors (Lipinski definition) is 3. The number of likely N-dealkylation sites (tertiary alicyclic amines) is 1. The Morgan fingerprint density at radius 1 is 1.53 bits per heavy atom. The summed E-state index contributed by atoms with van der Waals surface area (Å²) in [5, 5.41) is 0.411. The van der Waals surface area contributed by atoms with Crippen molar-refractivity contribution in [2.45, 2.75) is 12.5 Å². The highest BCUT2D eigenvalue weighted by Gasteiger charge is 2.27. The largest absolute Gasteiger partial charge is 0.337 e. The minimum atomic E-state index is 0.0403. The average Bonchev–Trinajstić information content (AvgIpc) is 2.78. The third-order valence-electron chi connectivity index (χ3n) is 3.16. The Morgan fingerprint density at radius 2 is 2.29 bits per heavy atom. The molecule has 1 aromatic rings. The SMILES string of the molecule is CN(C)C1CCN(C(=O)c2ccc(Cl)nc2)C1. The van der Waals surface area contributed by atoms with Crippen molar-refractivity contribution in [1.29, 1.82) is 0 Å². The summed E-state index contributed by atoms with van der Waals surface area (Å²) in [7, 11) is 4.09. The molecule has 4 nitrogen and oxygen atoms in total. The van der Waals surface area contributed by atoms with Gasteiger partial charge in [-0.05, 0) is 32.6 Å². The van der Waals surface area contributed by atoms with Crippen LogP contribution < -0.4 is 0 Å². The van der Waals surface area contributed by atoms with E-state index in [0.29, 0.717) is 16.8 Å². The number of likely N-dealkylation sites (N-methyl/N-ethyl adjacent to an activating group) is 1. The van der Waals surface area contributed by atoms with Gasteiger partial charge in [0.05, 0.1) is 5.56 Å². The molecule has 0 saturated carbocycles. The maximum Gasteiger partial charge on any atom is 0.255 e. The number of carbonyl (C=O) groups excluding carboxylic acids is 1. The van der Waals surface area contributed by atoms with Gasteiger partial charge in [0, 0.05) is 25.3 Å². The van der Waals surface area contributed by atoms with E-state index in [2.05, 4.69) is 9.88 Å². The van der Waals surface area contributed by atoms with Gasteiger partial charge in [0.2, 0.25) is 0 Å². The van der Waals surface area contributed by atoms with Crippen molar-refractivity contribution >= 4 is 17.5 Å². The van der Waals surface area contributed by atoms with E-state index in [4.69, 9.17) is 11.6 Å². The fourth-order valence-corrected chi connectivity index (χ4v) is 2.14. The molecule has 0 spiro atoms. The molecule has 0 N–H and O–H groups in total. The molecule has 2 heterocycles. The van der Waals surface area contributed by atoms with Gasteiger partial charge in [0.25, 0.3) is 5.91 Å². The van der Waals surface area contributed by atoms with E-state index >= 15 is 0 Å². The van der Waals surface area contributed by atoms with Gasteiger partial charge in [-0.2, -0.15) is 0 Å². The molecule has 0 aliphatic carbocycles. The van der Waals surface area contributed by atoms with Crippen LogP contribution in [0, 0.1) is 0 Å². The summed E-state index contributed by atoms with van der Waals surface area (Å²) in [5.74, 6) is 0.0403. The number of amides is 1. The lowest BCUT2D eigenvalue weighted by atomic mass is 10.2. The van der Waals surface area contributed by atoms with Gasteiger partial charge in [0.1, 0.15) is 5.15 Å². The summed E-state index contributed by atoms with van der Waals surface area (Å²) in [5.41, 5.74) is 0.605. The summed E-state index contributed by atoms with van der Waals surface area (Å²) in [6.45, 7) is 1.60. The van der Waals surface area contributed by atoms with Crippen LogP contribution in [0.5, 0.6) is 0 Å². The van der Waals surface area contributed by atoms with Crippen molar-refractivity contribution in [1.82, 2.24) is 14.8 Å². The number of pyridine rings is 1. The highest BCUT2D eigenvalue weighted by atomic mass is 35.5. The normalized spacial score (nSPS) is 20.0. The lowest BCUT2D eigenvalue weighted by molar-refractivity contribution is 0.0782. The first-order valence-electron chi connectivity index (χ1n) is 5.65. The third kappa shape index (κ3) is 2.76. The number of carbonyl (C=O) groups is 1. The first kappa shape index (κ1) is 12.3. The van der Waals surface area contributed by atoms with Gasteiger partial charge in [-0.25, -0.2) is 4.98 Å². The predicted octanol–water partition coefficient (Wildman–Crippen LogP) is 1.51. The van der Waals surface area contributed by atoms with Crippen molar-refractivity contribution < 1.29 is 4.79 Å². The van der Waals surface area contributed by atoms with Crippen molar-refractivity contribution in [2.24, 2.45) is 0 Å². The average molecular weight is 254 g/mol. The van der Waals surface area contributed by atoms with E-state index in [-0.39, 0.29) is 5.91 Å². The van der Waals surface area contributed by atoms with Crippen LogP contribution >= 0.6 is 11.6 Å². The van der Waals surface area contributed by atoms with E-state index in [1.54, 1.807) is 12.1 Å². The van der Waals surface area contributed by atoms with E-state index < -0.39 is 0 Å². The van der Waals surface area contributed by atoms with E-state index in [1.807, 2.05) is 19.0 Å². The van der Waals surface area contributed by atoms with Gasteiger partial charge in [0.15, 0.2) is 0 Å². The maximum absolute atomic E-state index is 12.2. The first-order valence-corrected chi connectivity index (χ1v) is 6.03. The number of aromatic nitrogens is 1. The topological polar surface area (TPSA) is 36.4 Å². The maximum atomic E-state index is 12.2. The Balaban J connectivity index is 2.04. The van der Waals surface area contributed by atoms with Gasteiger partial charge in [-0.3, -0.25) is 4.79 Å². The Hall–Kier alpha value is -1.13. The van der Waals surface area contributed by atoms with Crippen LogP contribution in [-0.2, 0) is 0 Å². The Kier molecular flexibility index (Phi) is 3.64. The van der Waals surface area contributed by atoms with Crippen LogP contribution in [0.3, 0.4) is 0 Å². The molecular weight excluding hydrogens is 238 g/mol. The Labute approximate surface area is 106 Å². The molecule has 0 radical (unpaired) electrons. The number of rotatable bonds is 2. The van der Waals surface area contributed by atoms with Crippen LogP contribution in [0.1, 0.15) is 16.8 Å². The van der Waals surface area contributed by atoms with Crippen LogP contribution in [0.2, 0.25) is 5.15 Å². The zero-order chi connectivity index (χ0) is 12.4. The fourth-order valence-electron chi connectivity index (χ4n) is 2.03. The van der Waals surface area contributed by atoms with Crippen molar-refractivity contribution in [3.8, 4) is 0 Å². The summed E-state index contributed by atoms with van der Waals surface area (Å²) in [6, 6.07) is 3.83. The van der Waals surface area contributed by atoms with Gasteiger partial charge in [-0.1, -0.05) is 11.6 Å². The second kappa shape index (κ2) is 5.02. The molecule has 92 valence electrons. The number of halogens is 1. The minimum Gasteiger partial charge on any atom is -0.337 e. The summed E-state index contributed by atoms with van der Waals surface area (Å²) in [4.78, 5) is 20.1. The first-order chi connectivity index (χ1) is 8.08. The predicted molar refractivity (Wildman–Crippen MR) is 67.2 cm³/mol. The second-order valence-corrected chi connectivity index (χ2v) is 4.91. The Morgan fingerprint density at radius 3 is 2.82 bits per heavy atom. The zero-order valence-corrected chi connectivity index (χ0v) is 10.8. The number of nitrogens with zero attached hydrogens (tertiary/aromatic N) is 3. The van der Waals surface area contributed by atoms with Crippen LogP contribution in [0.15, 0.2) is 18.3 Å². The minimum absolute atomic E-state index is 0.0403. The second-order valence-electron chi connectivity index (χ2n) is 4.53.